The normalized spacial score (nSPS) is 16.4. The molecule has 1 aliphatic carbocycles. The minimum absolute atomic E-state index is 0.0407. The molecule has 0 radical (unpaired) electrons. The zero-order valence-corrected chi connectivity index (χ0v) is 11.2. The Bertz CT molecular complexity index is 425. The van der Waals surface area contributed by atoms with E-state index in [1.807, 2.05) is 13.8 Å². The van der Waals surface area contributed by atoms with Crippen molar-refractivity contribution >= 4 is 22.3 Å². The van der Waals surface area contributed by atoms with Crippen LogP contribution in [0, 0.1) is 0 Å². The summed E-state index contributed by atoms with van der Waals surface area (Å²) >= 11 is 1.56. The van der Waals surface area contributed by atoms with Gasteiger partial charge >= 0.3 is 5.97 Å². The minimum atomic E-state index is -0.240. The van der Waals surface area contributed by atoms with Crippen molar-refractivity contribution in [3.8, 4) is 0 Å². The molecule has 0 aromatic carbocycles. The molecule has 4 heteroatoms. The Hall–Kier alpha value is -1.03. The fourth-order valence-electron chi connectivity index (χ4n) is 2.14. The van der Waals surface area contributed by atoms with Gasteiger partial charge in [0.2, 0.25) is 0 Å². The average Bonchev–Trinajstić information content (AvgIpc) is 2.64. The Morgan fingerprint density at radius 2 is 2.18 bits per heavy atom. The average molecular weight is 253 g/mol. The number of carbonyl (C=O) groups excluding carboxylic acids is 1. The van der Waals surface area contributed by atoms with E-state index in [9.17, 15) is 4.79 Å². The molecule has 1 heterocycles. The molecule has 0 saturated heterocycles. The number of fused-ring (bicyclic) bond motifs is 1. The van der Waals surface area contributed by atoms with Gasteiger partial charge in [-0.25, -0.2) is 4.79 Å². The Balaban J connectivity index is 2.25. The molecule has 1 aromatic heterocycles. The number of aryl methyl sites for hydroxylation is 1. The highest BCUT2D eigenvalue weighted by molar-refractivity contribution is 7.16. The number of nitrogens with two attached hydrogens (primary N) is 1. The van der Waals surface area contributed by atoms with Gasteiger partial charge in [-0.2, -0.15) is 0 Å². The molecule has 94 valence electrons. The van der Waals surface area contributed by atoms with Gasteiger partial charge in [0.1, 0.15) is 5.00 Å². The molecule has 0 aliphatic heterocycles. The number of carbonyl (C=O) groups is 1. The molecule has 0 amide bonds. The molecule has 2 rings (SSSR count). The highest BCUT2D eigenvalue weighted by atomic mass is 32.1. The van der Waals surface area contributed by atoms with E-state index < -0.39 is 0 Å². The van der Waals surface area contributed by atoms with Gasteiger partial charge in [0, 0.05) is 4.88 Å². The molecule has 0 fully saturated rings. The highest BCUT2D eigenvalue weighted by Crippen LogP contribution is 2.36. The van der Waals surface area contributed by atoms with Crippen molar-refractivity contribution in [3.05, 3.63) is 16.0 Å². The zero-order chi connectivity index (χ0) is 12.4. The van der Waals surface area contributed by atoms with Gasteiger partial charge in [-0.1, -0.05) is 6.92 Å². The predicted molar refractivity (Wildman–Crippen MR) is 70.5 cm³/mol. The molecule has 1 unspecified atom stereocenters. The summed E-state index contributed by atoms with van der Waals surface area (Å²) in [6.45, 7) is 3.91. The molecule has 2 N–H and O–H groups in total. The second kappa shape index (κ2) is 5.08. The summed E-state index contributed by atoms with van der Waals surface area (Å²) in [5, 5.41) is 0.630. The Labute approximate surface area is 106 Å². The fourth-order valence-corrected chi connectivity index (χ4v) is 3.28. The van der Waals surface area contributed by atoms with Crippen LogP contribution in [0.5, 0.6) is 0 Å². The third-order valence-corrected chi connectivity index (χ3v) is 4.41. The summed E-state index contributed by atoms with van der Waals surface area (Å²) in [5.41, 5.74) is 7.75. The second-order valence-corrected chi connectivity index (χ2v) is 5.71. The fraction of sp³-hybridized carbons (Fsp3) is 0.615. The van der Waals surface area contributed by atoms with Gasteiger partial charge in [-0.15, -0.1) is 11.3 Å². The number of thiophene rings is 1. The number of hydrogen-bond acceptors (Lipinski definition) is 4. The maximum Gasteiger partial charge on any atom is 0.341 e. The van der Waals surface area contributed by atoms with Crippen LogP contribution in [-0.4, -0.2) is 12.1 Å². The number of anilines is 1. The molecule has 0 saturated carbocycles. The predicted octanol–water partition coefficient (Wildman–Crippen LogP) is 3.16. The summed E-state index contributed by atoms with van der Waals surface area (Å²) in [5.74, 6) is -0.240. The van der Waals surface area contributed by atoms with Crippen molar-refractivity contribution in [1.29, 1.82) is 0 Å². The van der Waals surface area contributed by atoms with E-state index in [0.717, 1.165) is 31.2 Å². The smallest absolute Gasteiger partial charge is 0.341 e. The lowest BCUT2D eigenvalue weighted by Gasteiger charge is -2.14. The maximum absolute atomic E-state index is 12.1. The van der Waals surface area contributed by atoms with Crippen LogP contribution in [0.4, 0.5) is 5.00 Å². The lowest BCUT2D eigenvalue weighted by atomic mass is 9.95. The molecule has 1 aromatic rings. The van der Waals surface area contributed by atoms with Crippen molar-refractivity contribution in [1.82, 2.24) is 0 Å². The summed E-state index contributed by atoms with van der Waals surface area (Å²) in [6.07, 6.45) is 5.16. The second-order valence-electron chi connectivity index (χ2n) is 4.57. The van der Waals surface area contributed by atoms with Gasteiger partial charge in [-0.05, 0) is 44.6 Å². The van der Waals surface area contributed by atoms with Crippen molar-refractivity contribution in [2.24, 2.45) is 0 Å². The third-order valence-electron chi connectivity index (χ3n) is 3.29. The van der Waals surface area contributed by atoms with Gasteiger partial charge in [-0.3, -0.25) is 0 Å². The summed E-state index contributed by atoms with van der Waals surface area (Å²) < 4.78 is 5.38. The molecule has 3 nitrogen and oxygen atoms in total. The first-order chi connectivity index (χ1) is 8.13. The van der Waals surface area contributed by atoms with Crippen molar-refractivity contribution in [2.45, 2.75) is 52.1 Å². The Morgan fingerprint density at radius 3 is 2.88 bits per heavy atom. The number of hydrogen-bond donors (Lipinski definition) is 1. The van der Waals surface area contributed by atoms with Gasteiger partial charge in [0.25, 0.3) is 0 Å². The Morgan fingerprint density at radius 1 is 1.47 bits per heavy atom. The van der Waals surface area contributed by atoms with Crippen molar-refractivity contribution in [2.75, 3.05) is 5.73 Å². The third kappa shape index (κ3) is 2.46. The SMILES string of the molecule is CCC(C)OC(=O)c1c(N)sc2c1CCCC2. The van der Waals surface area contributed by atoms with Gasteiger partial charge < -0.3 is 10.5 Å². The molecule has 0 bridgehead atoms. The monoisotopic (exact) mass is 253 g/mol. The molecular formula is C13H19NO2S. The first-order valence-corrected chi connectivity index (χ1v) is 7.06. The summed E-state index contributed by atoms with van der Waals surface area (Å²) in [4.78, 5) is 13.4. The molecule has 1 aliphatic rings. The first kappa shape index (κ1) is 12.4. The largest absolute Gasteiger partial charge is 0.459 e. The topological polar surface area (TPSA) is 52.3 Å². The standard InChI is InChI=1S/C13H19NO2S/c1-3-8(2)16-13(15)11-9-6-4-5-7-10(9)17-12(11)14/h8H,3-7,14H2,1-2H3. The quantitative estimate of drug-likeness (QED) is 0.842. The number of ether oxygens (including phenoxy) is 1. The molecule has 0 spiro atoms. The van der Waals surface area contributed by atoms with Crippen LogP contribution in [0.2, 0.25) is 0 Å². The summed E-state index contributed by atoms with van der Waals surface area (Å²) in [6, 6.07) is 0. The molecular weight excluding hydrogens is 234 g/mol. The lowest BCUT2D eigenvalue weighted by Crippen LogP contribution is -2.16. The molecule has 1 atom stereocenters. The number of esters is 1. The van der Waals surface area contributed by atoms with E-state index >= 15 is 0 Å². The highest BCUT2D eigenvalue weighted by Gasteiger charge is 2.25. The van der Waals surface area contributed by atoms with Crippen LogP contribution in [0.25, 0.3) is 0 Å². The van der Waals surface area contributed by atoms with Crippen LogP contribution in [-0.2, 0) is 17.6 Å². The van der Waals surface area contributed by atoms with Crippen LogP contribution in [0.3, 0.4) is 0 Å². The minimum Gasteiger partial charge on any atom is -0.459 e. The number of nitrogen functional groups attached to an aromatic ring is 1. The number of rotatable bonds is 3. The van der Waals surface area contributed by atoms with E-state index in [1.165, 1.54) is 11.3 Å². The Kier molecular flexibility index (Phi) is 3.72. The van der Waals surface area contributed by atoms with E-state index in [1.54, 1.807) is 11.3 Å². The van der Waals surface area contributed by atoms with Crippen molar-refractivity contribution < 1.29 is 9.53 Å². The van der Waals surface area contributed by atoms with Crippen LogP contribution >= 0.6 is 11.3 Å². The zero-order valence-electron chi connectivity index (χ0n) is 10.4. The first-order valence-electron chi connectivity index (χ1n) is 6.24. The van der Waals surface area contributed by atoms with Crippen LogP contribution in [0.15, 0.2) is 0 Å². The van der Waals surface area contributed by atoms with Gasteiger partial charge in [0.05, 0.1) is 11.7 Å². The lowest BCUT2D eigenvalue weighted by molar-refractivity contribution is 0.0335. The van der Waals surface area contributed by atoms with Crippen molar-refractivity contribution in [3.63, 3.8) is 0 Å². The maximum atomic E-state index is 12.1. The van der Waals surface area contributed by atoms with E-state index in [4.69, 9.17) is 10.5 Å². The van der Waals surface area contributed by atoms with Crippen LogP contribution in [0.1, 0.15) is 53.9 Å². The van der Waals surface area contributed by atoms with Crippen LogP contribution < -0.4 is 5.73 Å². The van der Waals surface area contributed by atoms with E-state index in [2.05, 4.69) is 0 Å². The van der Waals surface area contributed by atoms with E-state index in [-0.39, 0.29) is 12.1 Å². The summed E-state index contributed by atoms with van der Waals surface area (Å²) in [7, 11) is 0. The van der Waals surface area contributed by atoms with E-state index in [0.29, 0.717) is 10.6 Å². The molecule has 17 heavy (non-hydrogen) atoms. The van der Waals surface area contributed by atoms with Gasteiger partial charge in [0.15, 0.2) is 0 Å².